The van der Waals surface area contributed by atoms with Gasteiger partial charge < -0.3 is 46.7 Å². The molecule has 23 heteroatoms. The van der Waals surface area contributed by atoms with Crippen LogP contribution in [0, 0.1) is 0 Å². The first kappa shape index (κ1) is 60.4. The van der Waals surface area contributed by atoms with Crippen molar-refractivity contribution in [2.45, 2.75) is 9.79 Å². The molecule has 2 aromatic carbocycles. The minimum absolute atomic E-state index is 0. The number of phenolic OH excluding ortho intramolecular Hbond substituents is 2. The van der Waals surface area contributed by atoms with Gasteiger partial charge in [-0.05, 0) is 130 Å². The number of nitrogens with one attached hydrogen (secondary N) is 2. The molecule has 0 aliphatic heterocycles. The number of pyridine rings is 8. The zero-order valence-electron chi connectivity index (χ0n) is 37.0. The van der Waals surface area contributed by atoms with Crippen LogP contribution in [0.15, 0.2) is 218 Å². The summed E-state index contributed by atoms with van der Waals surface area (Å²) in [5.41, 5.74) is 7.36. The van der Waals surface area contributed by atoms with Crippen molar-refractivity contribution in [3.8, 4) is 44.9 Å². The van der Waals surface area contributed by atoms with Gasteiger partial charge >= 0.3 is 0 Å². The summed E-state index contributed by atoms with van der Waals surface area (Å²) in [6.07, 6.45) is 24.8. The van der Waals surface area contributed by atoms with Crippen LogP contribution in [0.4, 0.5) is 0 Å². The highest BCUT2D eigenvalue weighted by Crippen LogP contribution is 2.29. The van der Waals surface area contributed by atoms with Crippen molar-refractivity contribution in [1.29, 1.82) is 0 Å². The van der Waals surface area contributed by atoms with Gasteiger partial charge in [0.1, 0.15) is 42.8 Å². The molecule has 0 radical (unpaired) electrons. The van der Waals surface area contributed by atoms with Gasteiger partial charge in [0.2, 0.25) is 0 Å². The van der Waals surface area contributed by atoms with Gasteiger partial charge in [-0.1, -0.05) is 0 Å². The molecule has 0 aliphatic carbocycles. The largest absolute Gasteiger partial charge is 0.744 e. The van der Waals surface area contributed by atoms with Gasteiger partial charge in [0, 0.05) is 97.0 Å². The quantitative estimate of drug-likeness (QED) is 0.234. The van der Waals surface area contributed by atoms with Crippen molar-refractivity contribution in [2.24, 2.45) is 0 Å². The number of fused-ring (bicyclic) bond motifs is 2. The van der Waals surface area contributed by atoms with Crippen molar-refractivity contribution < 1.29 is 73.5 Å². The Bertz CT molecular complexity index is 2930. The second-order valence-electron chi connectivity index (χ2n) is 13.4. The second kappa shape index (κ2) is 29.3. The number of hydrogen-bond acceptors (Lipinski definition) is 14. The van der Waals surface area contributed by atoms with Crippen LogP contribution in [0.2, 0.25) is 0 Å². The Morgan fingerprint density at radius 2 is 0.606 bits per heavy atom. The van der Waals surface area contributed by atoms with Crippen LogP contribution in [0.5, 0.6) is 11.5 Å². The Kier molecular flexibility index (Phi) is 24.9. The van der Waals surface area contributed by atoms with Crippen molar-refractivity contribution in [3.05, 3.63) is 208 Å². The van der Waals surface area contributed by atoms with Gasteiger partial charge in [0.15, 0.2) is 24.8 Å². The molecular formula is C48H48N8O13S2. The van der Waals surface area contributed by atoms with Gasteiger partial charge in [-0.2, -0.15) is 0 Å². The lowest BCUT2D eigenvalue weighted by atomic mass is 10.1. The normalized spacial score (nSPS) is 9.89. The van der Waals surface area contributed by atoms with E-state index in [1.165, 1.54) is 70.0 Å². The number of H-pyrrole nitrogens is 2. The molecule has 370 valence electrons. The maximum atomic E-state index is 10.9. The molecule has 8 aromatic heterocycles. The number of aromatic nitrogens is 8. The van der Waals surface area contributed by atoms with Crippen molar-refractivity contribution in [3.63, 3.8) is 0 Å². The minimum Gasteiger partial charge on any atom is -0.744 e. The van der Waals surface area contributed by atoms with Crippen LogP contribution in [0.25, 0.3) is 55.2 Å². The van der Waals surface area contributed by atoms with Crippen LogP contribution in [0.3, 0.4) is 0 Å². The summed E-state index contributed by atoms with van der Waals surface area (Å²) in [5.74, 6) is -0.309. The smallest absolute Gasteiger partial charge is 0.167 e. The molecule has 0 atom stereocenters. The Morgan fingerprint density at radius 3 is 0.859 bits per heavy atom. The lowest BCUT2D eigenvalue weighted by Gasteiger charge is -2.10. The summed E-state index contributed by atoms with van der Waals surface area (Å²) in [5, 5.41) is 19.1. The molecular weight excluding hydrogens is 961 g/mol. The van der Waals surface area contributed by atoms with Gasteiger partial charge in [-0.3, -0.25) is 29.9 Å². The molecule has 0 saturated heterocycles. The standard InChI is InChI=1S/3C10H8N2.2C9H7NO4S.5H2O/c3*1-5-11-6-2-9(1)10-3-7-12-8-4-10;2*11-7-3-4-8(15(12,13)14)6-2-1-5-10-9(6)7;;;;;/h3*1-8H;2*1-5,11H,(H,12,13,14);5*1H2. The number of phenols is 2. The molecule has 8 heterocycles. The van der Waals surface area contributed by atoms with Crippen molar-refractivity contribution in [2.75, 3.05) is 0 Å². The van der Waals surface area contributed by atoms with Gasteiger partial charge in [0.25, 0.3) is 0 Å². The fourth-order valence-corrected chi connectivity index (χ4v) is 7.37. The molecule has 0 amide bonds. The summed E-state index contributed by atoms with van der Waals surface area (Å²) in [7, 11) is -9.09. The summed E-state index contributed by atoms with van der Waals surface area (Å²) < 4.78 is 65.4. The number of benzene rings is 2. The second-order valence-corrected chi connectivity index (χ2v) is 16.1. The molecule has 10 aromatic rings. The van der Waals surface area contributed by atoms with E-state index in [9.17, 15) is 36.2 Å². The van der Waals surface area contributed by atoms with E-state index < -0.39 is 20.2 Å². The lowest BCUT2D eigenvalue weighted by Crippen LogP contribution is -1.99. The van der Waals surface area contributed by atoms with Gasteiger partial charge in [-0.15, -0.1) is 0 Å². The first-order valence-corrected chi connectivity index (χ1v) is 22.3. The van der Waals surface area contributed by atoms with Crippen molar-refractivity contribution in [1.82, 2.24) is 29.9 Å². The summed E-state index contributed by atoms with van der Waals surface area (Å²) in [6, 6.07) is 34.3. The molecule has 10 rings (SSSR count). The Balaban J connectivity index is 0.000000438. The van der Waals surface area contributed by atoms with E-state index in [0.29, 0.717) is 0 Å². The average molecular weight is 1010 g/mol. The summed E-state index contributed by atoms with van der Waals surface area (Å²) >= 11 is 0. The molecule has 0 spiro atoms. The number of aromatic hydroxyl groups is 2. The molecule has 14 N–H and O–H groups in total. The number of rotatable bonds is 5. The number of aromatic amines is 2. The van der Waals surface area contributed by atoms with E-state index in [-0.39, 0.29) is 70.5 Å². The highest BCUT2D eigenvalue weighted by molar-refractivity contribution is 7.86. The first-order chi connectivity index (χ1) is 31.9. The zero-order valence-corrected chi connectivity index (χ0v) is 38.6. The third-order valence-electron chi connectivity index (χ3n) is 9.11. The van der Waals surface area contributed by atoms with E-state index in [0.717, 1.165) is 24.3 Å². The minimum atomic E-state index is -4.55. The van der Waals surface area contributed by atoms with E-state index in [1.807, 2.05) is 97.6 Å². The molecule has 71 heavy (non-hydrogen) atoms. The highest BCUT2D eigenvalue weighted by atomic mass is 32.2. The molecule has 0 aliphatic rings. The predicted octanol–water partition coefficient (Wildman–Crippen LogP) is 2.83. The fraction of sp³-hybridized carbons (Fsp3) is 0. The molecule has 0 unspecified atom stereocenters. The lowest BCUT2D eigenvalue weighted by molar-refractivity contribution is -0.378. The molecule has 21 nitrogen and oxygen atoms in total. The zero-order chi connectivity index (χ0) is 46.8. The Morgan fingerprint density at radius 1 is 0.352 bits per heavy atom. The van der Waals surface area contributed by atoms with E-state index in [1.54, 1.807) is 49.6 Å². The Hall–Kier alpha value is -8.62. The number of hydrogen-bond donors (Lipinski definition) is 2. The van der Waals surface area contributed by atoms with Crippen molar-refractivity contribution >= 4 is 42.0 Å². The van der Waals surface area contributed by atoms with E-state index in [2.05, 4.69) is 39.9 Å². The predicted molar refractivity (Wildman–Crippen MR) is 261 cm³/mol. The van der Waals surface area contributed by atoms with E-state index in [4.69, 9.17) is 0 Å². The molecule has 0 fully saturated rings. The first-order valence-electron chi connectivity index (χ1n) is 19.5. The number of nitrogens with zero attached hydrogens (tertiary/aromatic N) is 6. The monoisotopic (exact) mass is 1010 g/mol. The van der Waals surface area contributed by atoms with Crippen LogP contribution in [-0.4, -0.2) is 93.4 Å². The van der Waals surface area contributed by atoms with Crippen LogP contribution >= 0.6 is 0 Å². The third-order valence-corrected chi connectivity index (χ3v) is 10.9. The van der Waals surface area contributed by atoms with E-state index >= 15 is 0 Å². The average Bonchev–Trinajstić information content (AvgIpc) is 3.36. The summed E-state index contributed by atoms with van der Waals surface area (Å²) in [4.78, 5) is 28.7. The van der Waals surface area contributed by atoms with Crippen LogP contribution in [0.1, 0.15) is 0 Å². The van der Waals surface area contributed by atoms with Gasteiger partial charge in [-0.25, -0.2) is 26.8 Å². The fourth-order valence-electron chi connectivity index (χ4n) is 6.04. The molecule has 0 saturated carbocycles. The third kappa shape index (κ3) is 17.4. The van der Waals surface area contributed by atoms with Crippen LogP contribution in [-0.2, 0) is 20.2 Å². The topological polar surface area (TPSA) is 418 Å². The summed E-state index contributed by atoms with van der Waals surface area (Å²) in [6.45, 7) is 0. The van der Waals surface area contributed by atoms with Gasteiger partial charge in [0.05, 0.1) is 9.79 Å². The SMILES string of the molecule is O.O.O.O.O.O=S(=O)([O-])c1ccc(O)c2ncccc12.O=S(=O)([O-])c1ccc(O)c2ncccc12.c1cc(-c2cc[nH+]cc2)ccn1.c1cc(-c2cc[nH+]cc2)ccn1.c1cc(-c2ccncc2)ccn1. The maximum Gasteiger partial charge on any atom is 0.167 e. The Labute approximate surface area is 406 Å². The maximum absolute atomic E-state index is 10.9. The highest BCUT2D eigenvalue weighted by Gasteiger charge is 2.11. The molecule has 0 bridgehead atoms. The van der Waals surface area contributed by atoms with Crippen LogP contribution < -0.4 is 9.97 Å².